The van der Waals surface area contributed by atoms with Crippen LogP contribution in [0.4, 0.5) is 34.6 Å². The average molecular weight is 827 g/mol. The number of pyridine rings is 4. The largest absolute Gasteiger partial charge is 0.398 e. The maximum absolute atomic E-state index is 12.7. The van der Waals surface area contributed by atoms with E-state index in [-0.39, 0.29) is 35.5 Å². The van der Waals surface area contributed by atoms with Gasteiger partial charge in [0, 0.05) is 84.0 Å². The summed E-state index contributed by atoms with van der Waals surface area (Å²) in [6.07, 6.45) is 12.5. The molecule has 10 N–H and O–H groups in total. The predicted molar refractivity (Wildman–Crippen MR) is 242 cm³/mol. The summed E-state index contributed by atoms with van der Waals surface area (Å²) in [5.74, 6) is 2.01. The molecule has 0 spiro atoms. The summed E-state index contributed by atoms with van der Waals surface area (Å²) in [5, 5.41) is 17.5. The van der Waals surface area contributed by atoms with Gasteiger partial charge < -0.3 is 33.6 Å². The lowest BCUT2D eigenvalue weighted by molar-refractivity contribution is -0.118. The van der Waals surface area contributed by atoms with E-state index in [1.807, 2.05) is 113 Å². The van der Waals surface area contributed by atoms with Crippen LogP contribution in [0.5, 0.6) is 0 Å². The van der Waals surface area contributed by atoms with Crippen molar-refractivity contribution in [2.75, 3.05) is 33.6 Å². The van der Waals surface area contributed by atoms with E-state index in [2.05, 4.69) is 40.8 Å². The van der Waals surface area contributed by atoms with Crippen LogP contribution in [-0.4, -0.2) is 51.3 Å². The Kier molecular flexibility index (Phi) is 9.97. The first-order chi connectivity index (χ1) is 29.8. The number of nitrogen functional groups attached to an aromatic ring is 4. The van der Waals surface area contributed by atoms with Gasteiger partial charge in [-0.25, -0.2) is 19.9 Å². The monoisotopic (exact) mass is 826 g/mol. The smallest absolute Gasteiger partial charge is 0.229 e. The van der Waals surface area contributed by atoms with Gasteiger partial charge in [-0.05, 0) is 108 Å². The van der Waals surface area contributed by atoms with Crippen LogP contribution in [0.1, 0.15) is 46.9 Å². The molecule has 2 aliphatic carbocycles. The third-order valence-corrected chi connectivity index (χ3v) is 11.9. The van der Waals surface area contributed by atoms with E-state index >= 15 is 0 Å². The summed E-state index contributed by atoms with van der Waals surface area (Å²) in [5.41, 5.74) is 33.3. The van der Waals surface area contributed by atoms with Gasteiger partial charge in [-0.3, -0.25) is 19.0 Å². The molecular formula is C46H46N14O2. The molecule has 2 aliphatic rings. The summed E-state index contributed by atoms with van der Waals surface area (Å²) >= 11 is 0. The zero-order valence-electron chi connectivity index (χ0n) is 34.7. The molecule has 2 saturated carbocycles. The van der Waals surface area contributed by atoms with Gasteiger partial charge >= 0.3 is 0 Å². The van der Waals surface area contributed by atoms with E-state index in [1.165, 1.54) is 0 Å². The lowest BCUT2D eigenvalue weighted by Crippen LogP contribution is -2.15. The van der Waals surface area contributed by atoms with Gasteiger partial charge in [-0.1, -0.05) is 24.3 Å². The maximum Gasteiger partial charge on any atom is 0.229 e. The number of aromatic nitrogens is 8. The minimum Gasteiger partial charge on any atom is -0.398 e. The van der Waals surface area contributed by atoms with Crippen molar-refractivity contribution in [1.82, 2.24) is 39.5 Å². The van der Waals surface area contributed by atoms with Crippen LogP contribution in [-0.2, 0) is 23.7 Å². The number of aryl methyl sites for hydroxylation is 2. The van der Waals surface area contributed by atoms with Crippen LogP contribution in [0.3, 0.4) is 0 Å². The summed E-state index contributed by atoms with van der Waals surface area (Å²) < 4.78 is 3.51. The molecule has 0 radical (unpaired) electrons. The Bertz CT molecular complexity index is 2860. The first-order valence-electron chi connectivity index (χ1n) is 20.2. The lowest BCUT2D eigenvalue weighted by Gasteiger charge is -2.11. The summed E-state index contributed by atoms with van der Waals surface area (Å²) in [4.78, 5) is 43.2. The fourth-order valence-corrected chi connectivity index (χ4v) is 8.03. The van der Waals surface area contributed by atoms with E-state index in [4.69, 9.17) is 22.9 Å². The predicted octanol–water partition coefficient (Wildman–Crippen LogP) is 6.49. The zero-order chi connectivity index (χ0) is 43.4. The highest BCUT2D eigenvalue weighted by atomic mass is 16.2. The van der Waals surface area contributed by atoms with Crippen molar-refractivity contribution in [3.8, 4) is 22.5 Å². The number of nitrogens with zero attached hydrogens (tertiary/aromatic N) is 8. The second-order valence-electron chi connectivity index (χ2n) is 16.2. The molecule has 10 rings (SSSR count). The van der Waals surface area contributed by atoms with Gasteiger partial charge in [-0.15, -0.1) is 0 Å². The topological polar surface area (TPSA) is 249 Å². The van der Waals surface area contributed by atoms with Crippen molar-refractivity contribution in [2.45, 2.75) is 38.5 Å². The van der Waals surface area contributed by atoms with Crippen LogP contribution in [0.2, 0.25) is 0 Å². The van der Waals surface area contributed by atoms with E-state index in [0.29, 0.717) is 34.6 Å². The molecule has 2 aromatic carbocycles. The van der Waals surface area contributed by atoms with Crippen LogP contribution >= 0.6 is 0 Å². The zero-order valence-corrected chi connectivity index (χ0v) is 34.7. The number of anilines is 6. The number of fused-ring (bicyclic) bond motifs is 2. The van der Waals surface area contributed by atoms with Gasteiger partial charge in [0.2, 0.25) is 11.8 Å². The number of amides is 2. The summed E-state index contributed by atoms with van der Waals surface area (Å²) in [6.45, 7) is 3.92. The molecule has 62 heavy (non-hydrogen) atoms. The Hall–Kier alpha value is -7.88. The van der Waals surface area contributed by atoms with Crippen molar-refractivity contribution in [3.05, 3.63) is 120 Å². The first kappa shape index (κ1) is 39.6. The van der Waals surface area contributed by atoms with Crippen LogP contribution in [0.15, 0.2) is 97.8 Å². The molecule has 8 aromatic rings. The van der Waals surface area contributed by atoms with Crippen molar-refractivity contribution in [1.29, 1.82) is 0 Å². The molecule has 2 fully saturated rings. The maximum atomic E-state index is 12.7. The molecule has 16 heteroatoms. The molecule has 16 nitrogen and oxygen atoms in total. The van der Waals surface area contributed by atoms with E-state index in [9.17, 15) is 9.59 Å². The Labute approximate surface area is 356 Å². The average Bonchev–Trinajstić information content (AvgIpc) is 4.15. The highest BCUT2D eigenvalue weighted by Crippen LogP contribution is 2.49. The number of hydrogen-bond acceptors (Lipinski definition) is 12. The number of nitrogens with one attached hydrogen (secondary N) is 2. The van der Waals surface area contributed by atoms with Crippen molar-refractivity contribution < 1.29 is 9.59 Å². The second-order valence-corrected chi connectivity index (χ2v) is 16.2. The molecule has 0 unspecified atom stereocenters. The summed E-state index contributed by atoms with van der Waals surface area (Å²) in [6, 6.07) is 19.0. The Morgan fingerprint density at radius 3 is 1.42 bits per heavy atom. The number of nitrogens with two attached hydrogens (primary N) is 4. The van der Waals surface area contributed by atoms with Gasteiger partial charge in [0.05, 0.1) is 23.8 Å². The molecule has 0 bridgehead atoms. The van der Waals surface area contributed by atoms with Gasteiger partial charge in [0.1, 0.15) is 23.3 Å². The molecule has 0 saturated heterocycles. The fourth-order valence-electron chi connectivity index (χ4n) is 8.03. The van der Waals surface area contributed by atoms with E-state index in [0.717, 1.165) is 79.2 Å². The van der Waals surface area contributed by atoms with E-state index in [1.54, 1.807) is 21.8 Å². The molecule has 2 amide bonds. The van der Waals surface area contributed by atoms with Gasteiger partial charge in [0.25, 0.3) is 0 Å². The quantitative estimate of drug-likeness (QED) is 0.0900. The Morgan fingerprint density at radius 1 is 0.613 bits per heavy atom. The lowest BCUT2D eigenvalue weighted by atomic mass is 10.0. The molecule has 6 heterocycles. The number of carbonyl (C=O) groups is 2. The standard InChI is InChI=1S/2C23H23N7O/c2*1-12-15(4-3-5-19(12)24)20-6-13-7-21(26-10-18(13)22(25)28-20)29-23(31)17-8-16(17)14-9-27-30(2)11-14/h2*3-7,9-11,16-17H,8,24H2,1-2H3,(H2,25,28)(H,26,29,31)/t2*16-,17+/m10/s1. The second kappa shape index (κ2) is 15.6. The third kappa shape index (κ3) is 7.80. The molecular weight excluding hydrogens is 781 g/mol. The summed E-state index contributed by atoms with van der Waals surface area (Å²) in [7, 11) is 3.75. The highest BCUT2D eigenvalue weighted by Gasteiger charge is 2.45. The minimum atomic E-state index is -0.0605. The number of carbonyl (C=O) groups excluding carboxylic acids is 2. The molecule has 312 valence electrons. The SMILES string of the molecule is Cc1c(N)cccc1-c1cc2cc(NC(=O)[C@@H]3C[C@H]3c3cnn(C)c3)ncc2c(N)n1.Cc1c(N)cccc1-c1cc2cc(NC(=O)[C@H]3C[C@@H]3c3cnn(C)c3)ncc2c(N)n1. The first-order valence-corrected chi connectivity index (χ1v) is 20.2. The minimum absolute atomic E-state index is 0.0327. The number of benzene rings is 2. The molecule has 6 aromatic heterocycles. The Balaban J connectivity index is 0.000000158. The van der Waals surface area contributed by atoms with Gasteiger partial charge in [-0.2, -0.15) is 10.2 Å². The van der Waals surface area contributed by atoms with Crippen LogP contribution in [0, 0.1) is 25.7 Å². The van der Waals surface area contributed by atoms with Gasteiger partial charge in [0.15, 0.2) is 0 Å². The normalized spacial score (nSPS) is 17.6. The number of hydrogen-bond donors (Lipinski definition) is 6. The van der Waals surface area contributed by atoms with E-state index < -0.39 is 0 Å². The van der Waals surface area contributed by atoms with Crippen LogP contribution in [0.25, 0.3) is 44.1 Å². The third-order valence-electron chi connectivity index (χ3n) is 11.9. The highest BCUT2D eigenvalue weighted by molar-refractivity contribution is 6.00. The van der Waals surface area contributed by atoms with Crippen molar-refractivity contribution in [2.24, 2.45) is 25.9 Å². The Morgan fingerprint density at radius 2 is 1.03 bits per heavy atom. The molecule has 0 aliphatic heterocycles. The fraction of sp³-hybridized carbons (Fsp3) is 0.217. The number of rotatable bonds is 8. The molecule has 4 atom stereocenters. The van der Waals surface area contributed by atoms with Crippen molar-refractivity contribution in [3.63, 3.8) is 0 Å². The van der Waals surface area contributed by atoms with Crippen LogP contribution < -0.4 is 33.6 Å². The van der Waals surface area contributed by atoms with Crippen molar-refractivity contribution >= 4 is 68.0 Å².